The quantitative estimate of drug-likeness (QED) is 0.905. The Morgan fingerprint density at radius 1 is 1.44 bits per heavy atom. The molecule has 134 valence electrons. The molecule has 0 spiro atoms. The second-order valence-corrected chi connectivity index (χ2v) is 6.10. The number of piperidine rings is 1. The van der Waals surface area contributed by atoms with E-state index in [0.717, 1.165) is 18.7 Å². The summed E-state index contributed by atoms with van der Waals surface area (Å²) >= 11 is 0. The maximum Gasteiger partial charge on any atom is 0.260 e. The van der Waals surface area contributed by atoms with Crippen molar-refractivity contribution in [2.75, 3.05) is 20.2 Å². The molecule has 25 heavy (non-hydrogen) atoms. The fourth-order valence-corrected chi connectivity index (χ4v) is 3.28. The van der Waals surface area contributed by atoms with Gasteiger partial charge in [-0.25, -0.2) is 4.39 Å². The third-order valence-electron chi connectivity index (χ3n) is 4.62. The molecule has 1 aromatic heterocycles. The molecular formula is C17H21FN4O3. The van der Waals surface area contributed by atoms with E-state index in [1.54, 1.807) is 22.6 Å². The summed E-state index contributed by atoms with van der Waals surface area (Å²) in [6.07, 6.45) is 1.64. The molecule has 1 aliphatic heterocycles. The molecule has 1 aromatic carbocycles. The first-order chi connectivity index (χ1) is 12.1. The van der Waals surface area contributed by atoms with Gasteiger partial charge in [-0.2, -0.15) is 0 Å². The minimum absolute atomic E-state index is 0.00623. The van der Waals surface area contributed by atoms with Crippen LogP contribution in [0.4, 0.5) is 4.39 Å². The molecule has 7 nitrogen and oxygen atoms in total. The topological polar surface area (TPSA) is 80.5 Å². The predicted octanol–water partition coefficient (Wildman–Crippen LogP) is 1.47. The van der Waals surface area contributed by atoms with E-state index in [0.29, 0.717) is 18.9 Å². The number of aromatic nitrogens is 3. The molecule has 0 saturated carbocycles. The fourth-order valence-electron chi connectivity index (χ4n) is 3.28. The number of aliphatic hydroxyl groups is 1. The van der Waals surface area contributed by atoms with E-state index in [4.69, 9.17) is 4.74 Å². The zero-order chi connectivity index (χ0) is 18.0. The summed E-state index contributed by atoms with van der Waals surface area (Å²) in [5, 5.41) is 17.4. The second-order valence-electron chi connectivity index (χ2n) is 6.10. The van der Waals surface area contributed by atoms with Crippen LogP contribution in [0.15, 0.2) is 18.2 Å². The Bertz CT molecular complexity index is 777. The molecule has 0 radical (unpaired) electrons. The third-order valence-corrected chi connectivity index (χ3v) is 4.62. The van der Waals surface area contributed by atoms with E-state index in [-0.39, 0.29) is 29.7 Å². The van der Waals surface area contributed by atoms with Crippen LogP contribution in [0.3, 0.4) is 0 Å². The van der Waals surface area contributed by atoms with Gasteiger partial charge in [-0.05, 0) is 25.0 Å². The Kier molecular flexibility index (Phi) is 4.98. The Labute approximate surface area is 145 Å². The normalized spacial score (nSPS) is 17.6. The smallest absolute Gasteiger partial charge is 0.260 e. The van der Waals surface area contributed by atoms with Crippen LogP contribution in [0.25, 0.3) is 0 Å². The average molecular weight is 348 g/mol. The number of halogens is 1. The van der Waals surface area contributed by atoms with Crippen LogP contribution in [-0.2, 0) is 13.7 Å². The summed E-state index contributed by atoms with van der Waals surface area (Å²) in [6.45, 7) is 0.788. The van der Waals surface area contributed by atoms with Gasteiger partial charge in [-0.1, -0.05) is 6.07 Å². The Morgan fingerprint density at radius 3 is 2.92 bits per heavy atom. The molecule has 1 N–H and O–H groups in total. The predicted molar refractivity (Wildman–Crippen MR) is 87.8 cm³/mol. The highest BCUT2D eigenvalue weighted by molar-refractivity contribution is 5.97. The molecule has 0 bridgehead atoms. The van der Waals surface area contributed by atoms with E-state index in [9.17, 15) is 14.3 Å². The lowest BCUT2D eigenvalue weighted by atomic mass is 9.96. The van der Waals surface area contributed by atoms with Gasteiger partial charge in [0.2, 0.25) is 0 Å². The van der Waals surface area contributed by atoms with Crippen molar-refractivity contribution in [2.45, 2.75) is 25.4 Å². The lowest BCUT2D eigenvalue weighted by molar-refractivity contribution is 0.0695. The molecular weight excluding hydrogens is 327 g/mol. The summed E-state index contributed by atoms with van der Waals surface area (Å²) in [4.78, 5) is 14.5. The number of nitrogens with zero attached hydrogens (tertiary/aromatic N) is 4. The monoisotopic (exact) mass is 348 g/mol. The van der Waals surface area contributed by atoms with Crippen molar-refractivity contribution < 1.29 is 19.0 Å². The van der Waals surface area contributed by atoms with E-state index in [1.807, 2.05) is 0 Å². The lowest BCUT2D eigenvalue weighted by Gasteiger charge is -2.32. The van der Waals surface area contributed by atoms with E-state index in [1.165, 1.54) is 19.2 Å². The van der Waals surface area contributed by atoms with Crippen LogP contribution in [0, 0.1) is 5.82 Å². The zero-order valence-electron chi connectivity index (χ0n) is 14.3. The van der Waals surface area contributed by atoms with E-state index < -0.39 is 5.82 Å². The molecule has 1 atom stereocenters. The lowest BCUT2D eigenvalue weighted by Crippen LogP contribution is -2.40. The summed E-state index contributed by atoms with van der Waals surface area (Å²) in [7, 11) is 3.21. The highest BCUT2D eigenvalue weighted by Crippen LogP contribution is 2.29. The second kappa shape index (κ2) is 7.18. The molecule has 2 heterocycles. The van der Waals surface area contributed by atoms with E-state index in [2.05, 4.69) is 10.2 Å². The summed E-state index contributed by atoms with van der Waals surface area (Å²) in [5.74, 6) is 0.454. The molecule has 3 rings (SSSR count). The summed E-state index contributed by atoms with van der Waals surface area (Å²) < 4.78 is 21.1. The van der Waals surface area contributed by atoms with Gasteiger partial charge < -0.3 is 19.3 Å². The number of hydrogen-bond acceptors (Lipinski definition) is 5. The molecule has 8 heteroatoms. The number of amides is 1. The molecule has 1 fully saturated rings. The number of aliphatic hydroxyl groups excluding tert-OH is 1. The summed E-state index contributed by atoms with van der Waals surface area (Å²) in [6, 6.07) is 4.35. The Balaban J connectivity index is 1.84. The third kappa shape index (κ3) is 3.21. The Hall–Kier alpha value is -2.48. The SMILES string of the molecule is COc1cccc(F)c1C(=O)N1CCCC(c2nnc(CO)n2C)C1. The first-order valence-electron chi connectivity index (χ1n) is 8.17. The Morgan fingerprint density at radius 2 is 2.24 bits per heavy atom. The molecule has 0 aliphatic carbocycles. The maximum absolute atomic E-state index is 14.2. The maximum atomic E-state index is 14.2. The minimum Gasteiger partial charge on any atom is -0.496 e. The minimum atomic E-state index is -0.590. The van der Waals surface area contributed by atoms with Crippen LogP contribution in [0.1, 0.15) is 40.8 Å². The molecule has 1 aliphatic rings. The van der Waals surface area contributed by atoms with Crippen molar-refractivity contribution in [1.29, 1.82) is 0 Å². The molecule has 2 aromatic rings. The zero-order valence-corrected chi connectivity index (χ0v) is 14.3. The van der Waals surface area contributed by atoms with Crippen LogP contribution < -0.4 is 4.74 Å². The van der Waals surface area contributed by atoms with Gasteiger partial charge >= 0.3 is 0 Å². The van der Waals surface area contributed by atoms with Gasteiger partial charge in [0, 0.05) is 26.1 Å². The van der Waals surface area contributed by atoms with Crippen molar-refractivity contribution in [3.05, 3.63) is 41.2 Å². The first kappa shape index (κ1) is 17.3. The molecule has 1 unspecified atom stereocenters. The van der Waals surface area contributed by atoms with Crippen LogP contribution in [-0.4, -0.2) is 50.9 Å². The van der Waals surface area contributed by atoms with Gasteiger partial charge in [0.25, 0.3) is 5.91 Å². The van der Waals surface area contributed by atoms with Crippen molar-refractivity contribution in [3.8, 4) is 5.75 Å². The van der Waals surface area contributed by atoms with E-state index >= 15 is 0 Å². The average Bonchev–Trinajstić information content (AvgIpc) is 3.01. The van der Waals surface area contributed by atoms with Crippen LogP contribution >= 0.6 is 0 Å². The first-order valence-corrected chi connectivity index (χ1v) is 8.17. The van der Waals surface area contributed by atoms with Gasteiger partial charge in [-0.3, -0.25) is 4.79 Å². The molecule has 1 saturated heterocycles. The number of carbonyl (C=O) groups is 1. The van der Waals surface area contributed by atoms with Crippen LogP contribution in [0.5, 0.6) is 5.75 Å². The number of likely N-dealkylation sites (tertiary alicyclic amines) is 1. The fraction of sp³-hybridized carbons (Fsp3) is 0.471. The van der Waals surface area contributed by atoms with Crippen molar-refractivity contribution in [2.24, 2.45) is 7.05 Å². The number of carbonyl (C=O) groups excluding carboxylic acids is 1. The molecule has 1 amide bonds. The summed E-state index contributed by atoms with van der Waals surface area (Å²) in [5.41, 5.74) is -0.0420. The van der Waals surface area contributed by atoms with Crippen molar-refractivity contribution in [1.82, 2.24) is 19.7 Å². The van der Waals surface area contributed by atoms with Gasteiger partial charge in [-0.15, -0.1) is 10.2 Å². The van der Waals surface area contributed by atoms with Crippen molar-refractivity contribution >= 4 is 5.91 Å². The highest BCUT2D eigenvalue weighted by atomic mass is 19.1. The number of ether oxygens (including phenoxy) is 1. The van der Waals surface area contributed by atoms with Crippen LogP contribution in [0.2, 0.25) is 0 Å². The van der Waals surface area contributed by atoms with Crippen molar-refractivity contribution in [3.63, 3.8) is 0 Å². The number of hydrogen-bond donors (Lipinski definition) is 1. The van der Waals surface area contributed by atoms with Gasteiger partial charge in [0.1, 0.15) is 29.6 Å². The largest absolute Gasteiger partial charge is 0.496 e. The number of benzene rings is 1. The van der Waals surface area contributed by atoms with Gasteiger partial charge in [0.15, 0.2) is 5.82 Å². The highest BCUT2D eigenvalue weighted by Gasteiger charge is 2.31. The number of rotatable bonds is 4. The number of methoxy groups -OCH3 is 1. The van der Waals surface area contributed by atoms with Gasteiger partial charge in [0.05, 0.1) is 7.11 Å². The standard InChI is InChI=1S/C17H21FN4O3/c1-21-14(10-23)19-20-16(21)11-5-4-8-22(9-11)17(24)15-12(18)6-3-7-13(15)25-2/h3,6-7,11,23H,4-5,8-10H2,1-2H3.